The molecule has 2 aromatic rings. The van der Waals surface area contributed by atoms with Crippen molar-refractivity contribution in [3.8, 4) is 0 Å². The normalized spacial score (nSPS) is 12.2. The van der Waals surface area contributed by atoms with Gasteiger partial charge in [-0.05, 0) is 31.9 Å². The Bertz CT molecular complexity index is 605. The van der Waals surface area contributed by atoms with Crippen LogP contribution in [0.3, 0.4) is 0 Å². The van der Waals surface area contributed by atoms with Crippen LogP contribution < -0.4 is 10.6 Å². The molecule has 1 unspecified atom stereocenters. The first-order chi connectivity index (χ1) is 10.5. The first-order valence-corrected chi connectivity index (χ1v) is 8.17. The van der Waals surface area contributed by atoms with Crippen LogP contribution in [0.4, 0.5) is 4.79 Å². The van der Waals surface area contributed by atoms with Crippen LogP contribution in [0.1, 0.15) is 41.2 Å². The van der Waals surface area contributed by atoms with Crippen molar-refractivity contribution < 1.29 is 4.79 Å². The third-order valence-corrected chi connectivity index (χ3v) is 4.51. The molecule has 2 rings (SSSR count). The van der Waals surface area contributed by atoms with Gasteiger partial charge in [0, 0.05) is 11.1 Å². The Balaban J connectivity index is 1.94. The molecule has 2 amide bonds. The van der Waals surface area contributed by atoms with E-state index in [9.17, 15) is 4.79 Å². The van der Waals surface area contributed by atoms with Gasteiger partial charge in [-0.2, -0.15) is 0 Å². The highest BCUT2D eigenvalue weighted by molar-refractivity contribution is 7.11. The van der Waals surface area contributed by atoms with Gasteiger partial charge >= 0.3 is 6.03 Å². The molecule has 0 bridgehead atoms. The number of hydrogen-bond acceptors (Lipinski definition) is 4. The molecule has 1 atom stereocenters. The topological polar surface area (TPSA) is 66.9 Å². The predicted molar refractivity (Wildman–Crippen MR) is 88.8 cm³/mol. The maximum Gasteiger partial charge on any atom is 0.315 e. The zero-order valence-electron chi connectivity index (χ0n) is 13.4. The van der Waals surface area contributed by atoms with Crippen LogP contribution in [0.5, 0.6) is 0 Å². The van der Waals surface area contributed by atoms with E-state index in [2.05, 4.69) is 34.4 Å². The summed E-state index contributed by atoms with van der Waals surface area (Å²) in [6.45, 7) is 8.58. The van der Waals surface area contributed by atoms with Gasteiger partial charge < -0.3 is 10.6 Å². The molecule has 0 aromatic carbocycles. The molecule has 22 heavy (non-hydrogen) atoms. The summed E-state index contributed by atoms with van der Waals surface area (Å²) in [7, 11) is 0. The molecule has 0 aliphatic rings. The van der Waals surface area contributed by atoms with E-state index in [1.165, 1.54) is 4.88 Å². The summed E-state index contributed by atoms with van der Waals surface area (Å²) in [5.74, 6) is 0.255. The Labute approximate surface area is 135 Å². The monoisotopic (exact) mass is 318 g/mol. The van der Waals surface area contributed by atoms with Gasteiger partial charge in [0.15, 0.2) is 0 Å². The molecule has 0 saturated carbocycles. The van der Waals surface area contributed by atoms with Gasteiger partial charge in [-0.3, -0.25) is 4.98 Å². The molecule has 118 valence electrons. The summed E-state index contributed by atoms with van der Waals surface area (Å²) in [5, 5.41) is 6.77. The minimum absolute atomic E-state index is 0.110. The number of aryl methyl sites for hydroxylation is 2. The maximum atomic E-state index is 12.1. The van der Waals surface area contributed by atoms with Crippen molar-refractivity contribution in [1.29, 1.82) is 0 Å². The van der Waals surface area contributed by atoms with Gasteiger partial charge in [-0.15, -0.1) is 11.3 Å². The number of aromatic nitrogens is 2. The van der Waals surface area contributed by atoms with Crippen LogP contribution in [-0.2, 0) is 6.54 Å². The molecule has 5 nitrogen and oxygen atoms in total. The zero-order valence-corrected chi connectivity index (χ0v) is 14.2. The number of hydrogen-bond donors (Lipinski definition) is 2. The average molecular weight is 318 g/mol. The van der Waals surface area contributed by atoms with Crippen molar-refractivity contribution in [2.75, 3.05) is 0 Å². The van der Waals surface area contributed by atoms with Crippen molar-refractivity contribution in [3.05, 3.63) is 45.7 Å². The van der Waals surface area contributed by atoms with Crippen LogP contribution in [0.25, 0.3) is 0 Å². The fourth-order valence-electron chi connectivity index (χ4n) is 2.11. The Morgan fingerprint density at radius 3 is 2.64 bits per heavy atom. The van der Waals surface area contributed by atoms with Crippen LogP contribution in [0.15, 0.2) is 24.4 Å². The van der Waals surface area contributed by atoms with Crippen LogP contribution >= 0.6 is 11.3 Å². The van der Waals surface area contributed by atoms with Crippen molar-refractivity contribution in [2.24, 2.45) is 5.92 Å². The number of rotatable bonds is 5. The van der Waals surface area contributed by atoms with E-state index in [0.29, 0.717) is 6.54 Å². The maximum absolute atomic E-state index is 12.1. The van der Waals surface area contributed by atoms with E-state index in [4.69, 9.17) is 0 Å². The number of carbonyl (C=O) groups is 1. The quantitative estimate of drug-likeness (QED) is 0.888. The molecule has 0 aliphatic heterocycles. The highest BCUT2D eigenvalue weighted by Gasteiger charge is 2.19. The van der Waals surface area contributed by atoms with E-state index in [1.807, 2.05) is 32.0 Å². The Hall–Kier alpha value is -1.95. The second kappa shape index (κ2) is 7.35. The number of urea groups is 1. The van der Waals surface area contributed by atoms with E-state index in [0.717, 1.165) is 16.4 Å². The van der Waals surface area contributed by atoms with Crippen molar-refractivity contribution in [3.63, 3.8) is 0 Å². The zero-order chi connectivity index (χ0) is 16.1. The summed E-state index contributed by atoms with van der Waals surface area (Å²) in [6, 6.07) is 5.42. The summed E-state index contributed by atoms with van der Waals surface area (Å²) in [5.41, 5.74) is 1.89. The van der Waals surface area contributed by atoms with E-state index in [1.54, 1.807) is 17.5 Å². The fourth-order valence-corrected chi connectivity index (χ4v) is 2.98. The molecule has 2 N–H and O–H groups in total. The van der Waals surface area contributed by atoms with Gasteiger partial charge in [0.05, 0.1) is 24.0 Å². The van der Waals surface area contributed by atoms with Crippen LogP contribution in [0.2, 0.25) is 0 Å². The number of pyridine rings is 1. The molecule has 0 saturated heterocycles. The standard InChI is InChI=1S/C16H22N4OS/c1-10(2)15(13-7-5-6-8-17-13)20-16(21)18-9-14-19-11(3)12(4)22-14/h5-8,10,15H,9H2,1-4H3,(H2,18,20,21). The lowest BCUT2D eigenvalue weighted by Crippen LogP contribution is -2.39. The molecule has 2 heterocycles. The van der Waals surface area contributed by atoms with E-state index >= 15 is 0 Å². The van der Waals surface area contributed by atoms with Gasteiger partial charge in [-0.25, -0.2) is 9.78 Å². The summed E-state index contributed by atoms with van der Waals surface area (Å²) < 4.78 is 0. The first-order valence-electron chi connectivity index (χ1n) is 7.35. The third-order valence-electron chi connectivity index (χ3n) is 3.43. The van der Waals surface area contributed by atoms with Crippen molar-refractivity contribution in [1.82, 2.24) is 20.6 Å². The smallest absolute Gasteiger partial charge is 0.315 e. The highest BCUT2D eigenvalue weighted by atomic mass is 32.1. The number of amides is 2. The number of carbonyl (C=O) groups excluding carboxylic acids is 1. The summed E-state index contributed by atoms with van der Waals surface area (Å²) in [4.78, 5) is 22.1. The largest absolute Gasteiger partial charge is 0.332 e. The molecule has 0 radical (unpaired) electrons. The predicted octanol–water partition coefficient (Wildman–Crippen LogP) is 3.35. The van der Waals surface area contributed by atoms with Crippen LogP contribution in [-0.4, -0.2) is 16.0 Å². The lowest BCUT2D eigenvalue weighted by molar-refractivity contribution is 0.232. The minimum atomic E-state index is -0.199. The SMILES string of the molecule is Cc1nc(CNC(=O)NC(c2ccccn2)C(C)C)sc1C. The Morgan fingerprint density at radius 1 is 1.32 bits per heavy atom. The summed E-state index contributed by atoms with van der Waals surface area (Å²) >= 11 is 1.61. The molecule has 0 aliphatic carbocycles. The van der Waals surface area contributed by atoms with E-state index in [-0.39, 0.29) is 18.0 Å². The van der Waals surface area contributed by atoms with Gasteiger partial charge in [0.25, 0.3) is 0 Å². The number of nitrogens with one attached hydrogen (secondary N) is 2. The molecule has 2 aromatic heterocycles. The number of nitrogens with zero attached hydrogens (tertiary/aromatic N) is 2. The first kappa shape index (κ1) is 16.4. The Morgan fingerprint density at radius 2 is 2.09 bits per heavy atom. The fraction of sp³-hybridized carbons (Fsp3) is 0.438. The van der Waals surface area contributed by atoms with Gasteiger partial charge in [0.2, 0.25) is 0 Å². The van der Waals surface area contributed by atoms with Gasteiger partial charge in [0.1, 0.15) is 5.01 Å². The number of thiazole rings is 1. The summed E-state index contributed by atoms with van der Waals surface area (Å²) in [6.07, 6.45) is 1.74. The molecule has 6 heteroatoms. The van der Waals surface area contributed by atoms with E-state index < -0.39 is 0 Å². The average Bonchev–Trinajstić information content (AvgIpc) is 2.82. The highest BCUT2D eigenvalue weighted by Crippen LogP contribution is 2.19. The Kier molecular flexibility index (Phi) is 5.49. The molecular formula is C16H22N4OS. The van der Waals surface area contributed by atoms with Crippen molar-refractivity contribution in [2.45, 2.75) is 40.3 Å². The van der Waals surface area contributed by atoms with Gasteiger partial charge in [-0.1, -0.05) is 19.9 Å². The second-order valence-electron chi connectivity index (χ2n) is 5.55. The third kappa shape index (κ3) is 4.27. The second-order valence-corrected chi connectivity index (χ2v) is 6.84. The lowest BCUT2D eigenvalue weighted by atomic mass is 10.0. The molecule has 0 spiro atoms. The minimum Gasteiger partial charge on any atom is -0.332 e. The molecular weight excluding hydrogens is 296 g/mol. The van der Waals surface area contributed by atoms with Crippen molar-refractivity contribution >= 4 is 17.4 Å². The lowest BCUT2D eigenvalue weighted by Gasteiger charge is -2.21. The van der Waals surface area contributed by atoms with Crippen LogP contribution in [0, 0.1) is 19.8 Å². The molecule has 0 fully saturated rings.